The number of carbonyl (C=O) groups is 1. The lowest BCUT2D eigenvalue weighted by Crippen LogP contribution is -2.25. The molecule has 0 atom stereocenters. The molecule has 0 aliphatic heterocycles. The molecule has 28 heavy (non-hydrogen) atoms. The molecule has 7 heteroatoms. The van der Waals surface area contributed by atoms with Crippen molar-refractivity contribution in [2.75, 3.05) is 0 Å². The number of urea groups is 1. The first kappa shape index (κ1) is 18.2. The van der Waals surface area contributed by atoms with E-state index in [9.17, 15) is 4.79 Å². The van der Waals surface area contributed by atoms with Crippen molar-refractivity contribution in [2.45, 2.75) is 45.1 Å². The minimum Gasteiger partial charge on any atom is -0.350 e. The summed E-state index contributed by atoms with van der Waals surface area (Å²) in [6, 6.07) is 11.8. The fourth-order valence-electron chi connectivity index (χ4n) is 3.91. The van der Waals surface area contributed by atoms with Gasteiger partial charge in [-0.25, -0.2) is 15.2 Å². The maximum atomic E-state index is 10.9. The van der Waals surface area contributed by atoms with Gasteiger partial charge >= 0.3 is 6.03 Å². The van der Waals surface area contributed by atoms with Crippen LogP contribution in [0.3, 0.4) is 0 Å². The van der Waals surface area contributed by atoms with Crippen LogP contribution in [-0.2, 0) is 0 Å². The van der Waals surface area contributed by atoms with Crippen LogP contribution in [0.5, 0.6) is 0 Å². The number of fused-ring (bicyclic) bond motifs is 1. The first-order valence-electron chi connectivity index (χ1n) is 9.67. The van der Waals surface area contributed by atoms with E-state index in [-0.39, 0.29) is 0 Å². The van der Waals surface area contributed by atoms with Crippen molar-refractivity contribution in [3.63, 3.8) is 0 Å². The molecule has 1 aliphatic carbocycles. The summed E-state index contributed by atoms with van der Waals surface area (Å²) in [7, 11) is 0. The molecule has 0 spiro atoms. The number of hydrogen-bond donors (Lipinski definition) is 2. The number of amides is 2. The van der Waals surface area contributed by atoms with Crippen molar-refractivity contribution in [3.05, 3.63) is 48.2 Å². The Bertz CT molecular complexity index is 1020. The molecule has 3 aromatic rings. The molecular weight excluding hydrogens is 352 g/mol. The number of hydrogen-bond acceptors (Lipinski definition) is 4. The molecule has 4 rings (SSSR count). The van der Waals surface area contributed by atoms with E-state index in [0.717, 1.165) is 41.0 Å². The highest BCUT2D eigenvalue weighted by Crippen LogP contribution is 2.35. The predicted octanol–water partition coefficient (Wildman–Crippen LogP) is 4.00. The Morgan fingerprint density at radius 2 is 2.04 bits per heavy atom. The monoisotopic (exact) mass is 376 g/mol. The number of imidazole rings is 1. The van der Waals surface area contributed by atoms with Crippen molar-refractivity contribution in [3.8, 4) is 11.5 Å². The summed E-state index contributed by atoms with van der Waals surface area (Å²) in [5.41, 5.74) is 11.8. The zero-order valence-corrected chi connectivity index (χ0v) is 15.9. The Kier molecular flexibility index (Phi) is 5.06. The Balaban J connectivity index is 1.82. The van der Waals surface area contributed by atoms with E-state index in [1.807, 2.05) is 37.3 Å². The van der Waals surface area contributed by atoms with Crippen LogP contribution in [0, 0.1) is 0 Å². The second-order valence-corrected chi connectivity index (χ2v) is 7.19. The lowest BCUT2D eigenvalue weighted by Gasteiger charge is -2.25. The molecule has 7 nitrogen and oxygen atoms in total. The SMILES string of the molecule is C/C(=N\NC(N)=O)c1ccc2c(c1)nc(-c1ccccn1)n2C1CCCCC1. The third kappa shape index (κ3) is 3.60. The van der Waals surface area contributed by atoms with Gasteiger partial charge in [-0.15, -0.1) is 0 Å². The number of nitrogens with two attached hydrogens (primary N) is 1. The summed E-state index contributed by atoms with van der Waals surface area (Å²) in [6.07, 6.45) is 7.92. The van der Waals surface area contributed by atoms with Gasteiger partial charge < -0.3 is 10.3 Å². The van der Waals surface area contributed by atoms with Crippen molar-refractivity contribution >= 4 is 22.8 Å². The van der Waals surface area contributed by atoms with Crippen molar-refractivity contribution in [1.82, 2.24) is 20.0 Å². The van der Waals surface area contributed by atoms with Crippen LogP contribution < -0.4 is 11.2 Å². The van der Waals surface area contributed by atoms with Gasteiger partial charge in [0.15, 0.2) is 5.82 Å². The third-order valence-electron chi connectivity index (χ3n) is 5.27. The van der Waals surface area contributed by atoms with E-state index in [4.69, 9.17) is 10.7 Å². The number of hydrazone groups is 1. The van der Waals surface area contributed by atoms with Gasteiger partial charge in [0, 0.05) is 12.2 Å². The zero-order chi connectivity index (χ0) is 19.5. The maximum absolute atomic E-state index is 10.9. The van der Waals surface area contributed by atoms with Crippen LogP contribution in [-0.4, -0.2) is 26.3 Å². The first-order chi connectivity index (χ1) is 13.6. The van der Waals surface area contributed by atoms with E-state index in [2.05, 4.69) is 26.1 Å². The number of benzene rings is 1. The molecule has 1 fully saturated rings. The van der Waals surface area contributed by atoms with Crippen molar-refractivity contribution < 1.29 is 4.79 Å². The maximum Gasteiger partial charge on any atom is 0.332 e. The lowest BCUT2D eigenvalue weighted by atomic mass is 9.95. The Morgan fingerprint density at radius 3 is 2.75 bits per heavy atom. The van der Waals surface area contributed by atoms with Gasteiger partial charge in [0.1, 0.15) is 5.69 Å². The topological polar surface area (TPSA) is 98.2 Å². The van der Waals surface area contributed by atoms with E-state index < -0.39 is 6.03 Å². The Labute approximate surface area is 163 Å². The average molecular weight is 376 g/mol. The number of pyridine rings is 1. The Hall–Kier alpha value is -3.22. The normalized spacial score (nSPS) is 15.7. The van der Waals surface area contributed by atoms with Crippen LogP contribution in [0.15, 0.2) is 47.7 Å². The molecular formula is C21H24N6O. The summed E-state index contributed by atoms with van der Waals surface area (Å²) in [4.78, 5) is 20.4. The van der Waals surface area contributed by atoms with Gasteiger partial charge in [0.05, 0.1) is 16.7 Å². The highest BCUT2D eigenvalue weighted by atomic mass is 16.2. The van der Waals surface area contributed by atoms with Gasteiger partial charge in [-0.05, 0) is 49.6 Å². The lowest BCUT2D eigenvalue weighted by molar-refractivity contribution is 0.249. The van der Waals surface area contributed by atoms with Gasteiger partial charge in [-0.3, -0.25) is 4.98 Å². The molecule has 1 aliphatic rings. The summed E-state index contributed by atoms with van der Waals surface area (Å²) in [5.74, 6) is 0.907. The summed E-state index contributed by atoms with van der Waals surface area (Å²) in [6.45, 7) is 1.83. The molecule has 1 aromatic carbocycles. The quantitative estimate of drug-likeness (QED) is 0.532. The number of rotatable bonds is 4. The third-order valence-corrected chi connectivity index (χ3v) is 5.27. The van der Waals surface area contributed by atoms with Crippen molar-refractivity contribution in [1.29, 1.82) is 0 Å². The van der Waals surface area contributed by atoms with Gasteiger partial charge in [-0.2, -0.15) is 5.10 Å². The summed E-state index contributed by atoms with van der Waals surface area (Å²) < 4.78 is 2.36. The summed E-state index contributed by atoms with van der Waals surface area (Å²) >= 11 is 0. The van der Waals surface area contributed by atoms with Crippen LogP contribution in [0.4, 0.5) is 4.79 Å². The number of nitrogens with zero attached hydrogens (tertiary/aromatic N) is 4. The molecule has 1 saturated carbocycles. The number of primary amides is 1. The molecule has 0 radical (unpaired) electrons. The molecule has 2 amide bonds. The molecule has 2 aromatic heterocycles. The highest BCUT2D eigenvalue weighted by molar-refractivity contribution is 6.01. The number of aromatic nitrogens is 3. The van der Waals surface area contributed by atoms with Gasteiger partial charge in [-0.1, -0.05) is 31.4 Å². The van der Waals surface area contributed by atoms with Gasteiger partial charge in [0.25, 0.3) is 0 Å². The second-order valence-electron chi connectivity index (χ2n) is 7.19. The van der Waals surface area contributed by atoms with E-state index in [1.54, 1.807) is 6.20 Å². The standard InChI is InChI=1S/C21H24N6O/c1-14(25-26-21(22)28)15-10-11-19-18(13-15)24-20(17-9-5-6-12-23-17)27(19)16-7-3-2-4-8-16/h5-6,9-13,16H,2-4,7-8H2,1H3,(H3,22,26,28)/b25-14+. The number of nitrogens with one attached hydrogen (secondary N) is 1. The first-order valence-corrected chi connectivity index (χ1v) is 9.67. The molecule has 2 heterocycles. The van der Waals surface area contributed by atoms with Crippen LogP contribution >= 0.6 is 0 Å². The van der Waals surface area contributed by atoms with E-state index in [1.165, 1.54) is 19.3 Å². The molecule has 0 unspecified atom stereocenters. The fraction of sp³-hybridized carbons (Fsp3) is 0.333. The van der Waals surface area contributed by atoms with Gasteiger partial charge in [0.2, 0.25) is 0 Å². The molecule has 144 valence electrons. The average Bonchev–Trinajstić information content (AvgIpc) is 3.12. The highest BCUT2D eigenvalue weighted by Gasteiger charge is 2.23. The Morgan fingerprint density at radius 1 is 1.21 bits per heavy atom. The van der Waals surface area contributed by atoms with Crippen LogP contribution in [0.25, 0.3) is 22.6 Å². The minimum atomic E-state index is -0.681. The van der Waals surface area contributed by atoms with Crippen molar-refractivity contribution in [2.24, 2.45) is 10.8 Å². The number of carbonyl (C=O) groups excluding carboxylic acids is 1. The zero-order valence-electron chi connectivity index (χ0n) is 15.9. The minimum absolute atomic E-state index is 0.438. The smallest absolute Gasteiger partial charge is 0.332 e. The van der Waals surface area contributed by atoms with Crippen LogP contribution in [0.1, 0.15) is 50.6 Å². The molecule has 0 bridgehead atoms. The fourth-order valence-corrected chi connectivity index (χ4v) is 3.91. The predicted molar refractivity (Wildman–Crippen MR) is 110 cm³/mol. The molecule has 0 saturated heterocycles. The largest absolute Gasteiger partial charge is 0.350 e. The van der Waals surface area contributed by atoms with E-state index in [0.29, 0.717) is 11.8 Å². The molecule has 3 N–H and O–H groups in total. The second kappa shape index (κ2) is 7.80. The van der Waals surface area contributed by atoms with Crippen LogP contribution in [0.2, 0.25) is 0 Å². The summed E-state index contributed by atoms with van der Waals surface area (Å²) in [5, 5.41) is 4.02. The van der Waals surface area contributed by atoms with E-state index >= 15 is 0 Å².